The predicted molar refractivity (Wildman–Crippen MR) is 99.8 cm³/mol. The van der Waals surface area contributed by atoms with Crippen molar-refractivity contribution in [1.29, 1.82) is 0 Å². The van der Waals surface area contributed by atoms with Crippen molar-refractivity contribution in [2.45, 2.75) is 25.4 Å². The highest BCUT2D eigenvalue weighted by Crippen LogP contribution is 2.39. The van der Waals surface area contributed by atoms with Crippen molar-refractivity contribution in [1.82, 2.24) is 9.88 Å². The summed E-state index contributed by atoms with van der Waals surface area (Å²) in [6.45, 7) is 0.443. The molecule has 0 unspecified atom stereocenters. The topological polar surface area (TPSA) is 96.0 Å². The molecule has 0 atom stereocenters. The molecule has 2 amide bonds. The first-order chi connectivity index (χ1) is 13.1. The van der Waals surface area contributed by atoms with E-state index >= 15 is 0 Å². The molecule has 1 heterocycles. The van der Waals surface area contributed by atoms with Gasteiger partial charge in [0, 0.05) is 11.4 Å². The lowest BCUT2D eigenvalue weighted by molar-refractivity contribution is -0.137. The van der Waals surface area contributed by atoms with E-state index in [0.29, 0.717) is 11.9 Å². The van der Waals surface area contributed by atoms with E-state index in [2.05, 4.69) is 15.5 Å². The third-order valence-corrected chi connectivity index (χ3v) is 4.45. The Morgan fingerprint density at radius 1 is 1.07 bits per heavy atom. The summed E-state index contributed by atoms with van der Waals surface area (Å²) in [5.74, 6) is -1.84. The standard InChI is InChI=1S/C20H18N4O3/c25-18(21-14-10-11-14)19(26)23-22-17-15-8-4-5-9-16(15)24(20(17)27)12-13-6-2-1-3-7-13/h1-9,14,27H,10-12H2,(H,21,25). The zero-order valence-electron chi connectivity index (χ0n) is 14.5. The summed E-state index contributed by atoms with van der Waals surface area (Å²) < 4.78 is 1.70. The van der Waals surface area contributed by atoms with Crippen LogP contribution in [-0.2, 0) is 16.1 Å². The van der Waals surface area contributed by atoms with Crippen molar-refractivity contribution >= 4 is 28.4 Å². The summed E-state index contributed by atoms with van der Waals surface area (Å²) >= 11 is 0. The fourth-order valence-electron chi connectivity index (χ4n) is 2.91. The Hall–Kier alpha value is -3.48. The number of carbonyl (C=O) groups is 2. The number of rotatable bonds is 4. The van der Waals surface area contributed by atoms with E-state index in [1.807, 2.05) is 48.5 Å². The minimum atomic E-state index is -0.971. The van der Waals surface area contributed by atoms with Crippen LogP contribution in [-0.4, -0.2) is 27.5 Å². The molecule has 7 heteroatoms. The number of aromatic nitrogens is 1. The van der Waals surface area contributed by atoms with Crippen molar-refractivity contribution in [2.75, 3.05) is 0 Å². The lowest BCUT2D eigenvalue weighted by Gasteiger charge is -2.06. The third kappa shape index (κ3) is 3.57. The van der Waals surface area contributed by atoms with Gasteiger partial charge in [-0.15, -0.1) is 10.2 Å². The highest BCUT2D eigenvalue weighted by atomic mass is 16.3. The Morgan fingerprint density at radius 3 is 2.52 bits per heavy atom. The van der Waals surface area contributed by atoms with Gasteiger partial charge in [-0.25, -0.2) is 0 Å². The molecule has 0 aliphatic heterocycles. The van der Waals surface area contributed by atoms with Gasteiger partial charge >= 0.3 is 11.8 Å². The molecular weight excluding hydrogens is 344 g/mol. The van der Waals surface area contributed by atoms with Crippen LogP contribution in [0.15, 0.2) is 64.8 Å². The monoisotopic (exact) mass is 362 g/mol. The van der Waals surface area contributed by atoms with Crippen LogP contribution < -0.4 is 5.32 Å². The van der Waals surface area contributed by atoms with Crippen LogP contribution >= 0.6 is 0 Å². The fourth-order valence-corrected chi connectivity index (χ4v) is 2.91. The molecule has 0 spiro atoms. The number of hydrogen-bond acceptors (Lipinski definition) is 4. The largest absolute Gasteiger partial charge is 0.493 e. The normalized spacial score (nSPS) is 13.9. The Kier molecular flexibility index (Phi) is 4.42. The number of nitrogens with zero attached hydrogens (tertiary/aromatic N) is 3. The summed E-state index contributed by atoms with van der Waals surface area (Å²) in [5.41, 5.74) is 1.95. The van der Waals surface area contributed by atoms with Crippen LogP contribution in [0.3, 0.4) is 0 Å². The maximum atomic E-state index is 11.9. The van der Waals surface area contributed by atoms with Gasteiger partial charge in [0.25, 0.3) is 0 Å². The Balaban J connectivity index is 1.66. The molecule has 0 radical (unpaired) electrons. The number of nitrogens with one attached hydrogen (secondary N) is 1. The Morgan fingerprint density at radius 2 is 1.78 bits per heavy atom. The maximum Gasteiger partial charge on any atom is 0.353 e. The molecule has 136 valence electrons. The molecule has 2 N–H and O–H groups in total. The molecule has 0 bridgehead atoms. The first-order valence-electron chi connectivity index (χ1n) is 8.74. The number of para-hydroxylation sites is 1. The molecule has 1 aliphatic rings. The van der Waals surface area contributed by atoms with Gasteiger partial charge in [-0.2, -0.15) is 0 Å². The van der Waals surface area contributed by atoms with E-state index in [9.17, 15) is 14.7 Å². The number of aromatic hydroxyl groups is 1. The molecule has 1 saturated carbocycles. The fraction of sp³-hybridized carbons (Fsp3) is 0.200. The lowest BCUT2D eigenvalue weighted by atomic mass is 10.2. The Bertz CT molecular complexity index is 1040. The summed E-state index contributed by atoms with van der Waals surface area (Å²) in [4.78, 5) is 23.6. The van der Waals surface area contributed by atoms with Crippen molar-refractivity contribution in [3.8, 4) is 5.88 Å². The molecule has 27 heavy (non-hydrogen) atoms. The first kappa shape index (κ1) is 17.0. The van der Waals surface area contributed by atoms with Crippen LogP contribution in [0.25, 0.3) is 10.9 Å². The average Bonchev–Trinajstić information content (AvgIpc) is 3.46. The molecule has 3 aromatic rings. The summed E-state index contributed by atoms with van der Waals surface area (Å²) in [7, 11) is 0. The van der Waals surface area contributed by atoms with Crippen LogP contribution in [0.1, 0.15) is 18.4 Å². The third-order valence-electron chi connectivity index (χ3n) is 4.45. The molecule has 7 nitrogen and oxygen atoms in total. The minimum absolute atomic E-state index is 0.0674. The van der Waals surface area contributed by atoms with Crippen LogP contribution in [0.4, 0.5) is 5.69 Å². The summed E-state index contributed by atoms with van der Waals surface area (Å²) in [6.07, 6.45) is 1.76. The molecule has 2 aromatic carbocycles. The van der Waals surface area contributed by atoms with Crippen molar-refractivity contribution in [3.05, 3.63) is 60.2 Å². The maximum absolute atomic E-state index is 11.9. The molecule has 1 aliphatic carbocycles. The highest BCUT2D eigenvalue weighted by Gasteiger charge is 2.26. The number of azo groups is 1. The quantitative estimate of drug-likeness (QED) is 0.551. The summed E-state index contributed by atoms with van der Waals surface area (Å²) in [6, 6.07) is 17.1. The van der Waals surface area contributed by atoms with E-state index in [0.717, 1.165) is 23.9 Å². The number of benzene rings is 2. The second-order valence-corrected chi connectivity index (χ2v) is 6.51. The van der Waals surface area contributed by atoms with Gasteiger partial charge in [0.2, 0.25) is 5.88 Å². The highest BCUT2D eigenvalue weighted by molar-refractivity contribution is 6.35. The van der Waals surface area contributed by atoms with Gasteiger partial charge in [-0.1, -0.05) is 48.5 Å². The number of carbonyl (C=O) groups excluding carboxylic acids is 2. The van der Waals surface area contributed by atoms with E-state index in [-0.39, 0.29) is 17.6 Å². The minimum Gasteiger partial charge on any atom is -0.493 e. The van der Waals surface area contributed by atoms with E-state index < -0.39 is 11.8 Å². The predicted octanol–water partition coefficient (Wildman–Crippen LogP) is 3.28. The van der Waals surface area contributed by atoms with Crippen LogP contribution in [0, 0.1) is 0 Å². The SMILES string of the molecule is O=C(N=Nc1c(O)n(Cc2ccccc2)c2ccccc12)C(=O)NC1CC1. The summed E-state index contributed by atoms with van der Waals surface area (Å²) in [5, 5.41) is 21.3. The number of fused-ring (bicyclic) bond motifs is 1. The lowest BCUT2D eigenvalue weighted by Crippen LogP contribution is -2.31. The zero-order valence-corrected chi connectivity index (χ0v) is 14.5. The molecule has 1 fully saturated rings. The first-order valence-corrected chi connectivity index (χ1v) is 8.74. The molecule has 1 aromatic heterocycles. The van der Waals surface area contributed by atoms with E-state index in [1.165, 1.54) is 0 Å². The van der Waals surface area contributed by atoms with Crippen molar-refractivity contribution in [2.24, 2.45) is 10.2 Å². The van der Waals surface area contributed by atoms with E-state index in [1.54, 1.807) is 10.6 Å². The van der Waals surface area contributed by atoms with Crippen LogP contribution in [0.5, 0.6) is 5.88 Å². The number of amides is 2. The second-order valence-electron chi connectivity index (χ2n) is 6.51. The van der Waals surface area contributed by atoms with Crippen LogP contribution in [0.2, 0.25) is 0 Å². The van der Waals surface area contributed by atoms with Gasteiger partial charge in [-0.3, -0.25) is 9.59 Å². The van der Waals surface area contributed by atoms with Gasteiger partial charge in [0.15, 0.2) is 5.69 Å². The smallest absolute Gasteiger partial charge is 0.353 e. The van der Waals surface area contributed by atoms with E-state index in [4.69, 9.17) is 0 Å². The van der Waals surface area contributed by atoms with Gasteiger partial charge < -0.3 is 15.0 Å². The molecule has 0 saturated heterocycles. The van der Waals surface area contributed by atoms with Gasteiger partial charge in [0.1, 0.15) is 0 Å². The van der Waals surface area contributed by atoms with Gasteiger partial charge in [0.05, 0.1) is 12.1 Å². The van der Waals surface area contributed by atoms with Crippen molar-refractivity contribution < 1.29 is 14.7 Å². The average molecular weight is 362 g/mol. The van der Waals surface area contributed by atoms with Gasteiger partial charge in [-0.05, 0) is 24.5 Å². The Labute approximate surface area is 155 Å². The van der Waals surface area contributed by atoms with Crippen molar-refractivity contribution in [3.63, 3.8) is 0 Å². The number of hydrogen-bond donors (Lipinski definition) is 2. The molecule has 4 rings (SSSR count). The molecular formula is C20H18N4O3. The second kappa shape index (κ2) is 7.03. The zero-order chi connectivity index (χ0) is 18.8.